The molecule has 3 N–H and O–H groups in total. The largest absolute Gasteiger partial charge is 0.455 e. The predicted octanol–water partition coefficient (Wildman–Crippen LogP) is 3.90. The van der Waals surface area contributed by atoms with Gasteiger partial charge < -0.3 is 15.2 Å². The molecule has 0 aromatic heterocycles. The van der Waals surface area contributed by atoms with Crippen molar-refractivity contribution >= 4 is 36.5 Å². The molecule has 170 valence electrons. The summed E-state index contributed by atoms with van der Waals surface area (Å²) in [5, 5.41) is 12.1. The van der Waals surface area contributed by atoms with E-state index in [1.807, 2.05) is 23.1 Å². The molecule has 0 bridgehead atoms. The summed E-state index contributed by atoms with van der Waals surface area (Å²) in [6.07, 6.45) is 0. The van der Waals surface area contributed by atoms with E-state index in [1.165, 1.54) is 37.3 Å². The molecule has 3 unspecified atom stereocenters. The number of carbonyl (C=O) groups is 1. The number of sulfonamides is 1. The Morgan fingerprint density at radius 2 is 1.90 bits per heavy atom. The topological polar surface area (TPSA) is 105 Å². The van der Waals surface area contributed by atoms with E-state index in [1.54, 1.807) is 19.1 Å². The van der Waals surface area contributed by atoms with E-state index in [4.69, 9.17) is 4.74 Å². The Balaban J connectivity index is 2.21. The molecule has 0 saturated heterocycles. The molecular weight excluding hydrogens is 442 g/mol. The van der Waals surface area contributed by atoms with Crippen LogP contribution in [0, 0.1) is 18.8 Å². The minimum atomic E-state index is -3.94. The van der Waals surface area contributed by atoms with Gasteiger partial charge in [0.1, 0.15) is 5.75 Å². The molecule has 0 aliphatic rings. The zero-order valence-corrected chi connectivity index (χ0v) is 19.8. The molecule has 2 aromatic carbocycles. The lowest BCUT2D eigenvalue weighted by atomic mass is 9.96. The molecule has 0 fully saturated rings. The SMILES string of the molecule is Cc1cc(NC(=O)C(CO)C(C)C)ccc1S(=O)(=O)Nc1cccc(OC(C)(F)P)c1. The summed E-state index contributed by atoms with van der Waals surface area (Å²) >= 11 is 0. The van der Waals surface area contributed by atoms with E-state index in [0.29, 0.717) is 11.3 Å². The van der Waals surface area contributed by atoms with Crippen molar-refractivity contribution in [1.29, 1.82) is 0 Å². The average Bonchev–Trinajstić information content (AvgIpc) is 2.60. The Kier molecular flexibility index (Phi) is 8.03. The van der Waals surface area contributed by atoms with E-state index in [0.717, 1.165) is 0 Å². The maximum atomic E-state index is 13.7. The Hall–Kier alpha value is -2.22. The highest BCUT2D eigenvalue weighted by atomic mass is 32.2. The number of aliphatic hydroxyl groups is 1. The van der Waals surface area contributed by atoms with Crippen LogP contribution in [0.25, 0.3) is 0 Å². The standard InChI is InChI=1S/C21H28FN2O5PS/c1-13(2)18(12-25)20(26)23-15-8-9-19(14(3)10-15)31(27,28)24-16-6-5-7-17(11-16)29-21(4,22)30/h5-11,13,18,24-25H,12,30H2,1-4H3,(H,23,26). The van der Waals surface area contributed by atoms with Gasteiger partial charge in [0.05, 0.1) is 23.1 Å². The molecule has 2 aromatic rings. The summed E-state index contributed by atoms with van der Waals surface area (Å²) in [5.74, 6) is -0.779. The van der Waals surface area contributed by atoms with Crippen LogP contribution < -0.4 is 14.8 Å². The van der Waals surface area contributed by atoms with Crippen molar-refractivity contribution in [1.82, 2.24) is 0 Å². The molecule has 31 heavy (non-hydrogen) atoms. The second-order valence-electron chi connectivity index (χ2n) is 7.72. The minimum absolute atomic E-state index is 0.0285. The molecule has 7 nitrogen and oxygen atoms in total. The first-order valence-corrected chi connectivity index (χ1v) is 11.7. The molecule has 0 aliphatic heterocycles. The molecule has 1 amide bonds. The molecule has 3 atom stereocenters. The van der Waals surface area contributed by atoms with Crippen LogP contribution in [0.15, 0.2) is 47.4 Å². The van der Waals surface area contributed by atoms with Gasteiger partial charge in [0.15, 0.2) is 0 Å². The fourth-order valence-electron chi connectivity index (χ4n) is 2.92. The van der Waals surface area contributed by atoms with E-state index in [-0.39, 0.29) is 34.8 Å². The first kappa shape index (κ1) is 25.0. The Morgan fingerprint density at radius 3 is 2.45 bits per heavy atom. The summed E-state index contributed by atoms with van der Waals surface area (Å²) in [7, 11) is -2.04. The molecule has 0 radical (unpaired) electrons. The number of halogens is 1. The number of anilines is 2. The Labute approximate surface area is 184 Å². The van der Waals surface area contributed by atoms with Crippen LogP contribution >= 0.6 is 9.24 Å². The second kappa shape index (κ2) is 9.94. The third-order valence-electron chi connectivity index (χ3n) is 4.47. The number of alkyl halides is 1. The molecule has 0 saturated carbocycles. The molecule has 0 heterocycles. The molecule has 2 rings (SSSR count). The van der Waals surface area contributed by atoms with Crippen LogP contribution in [-0.2, 0) is 14.8 Å². The highest BCUT2D eigenvalue weighted by Crippen LogP contribution is 2.29. The monoisotopic (exact) mass is 470 g/mol. The number of amides is 1. The van der Waals surface area contributed by atoms with Crippen molar-refractivity contribution in [2.24, 2.45) is 11.8 Å². The summed E-state index contributed by atoms with van der Waals surface area (Å²) in [6, 6.07) is 10.4. The van der Waals surface area contributed by atoms with Crippen LogP contribution in [0.2, 0.25) is 0 Å². The lowest BCUT2D eigenvalue weighted by molar-refractivity contribution is -0.122. The van der Waals surface area contributed by atoms with Crippen LogP contribution in [-0.4, -0.2) is 31.6 Å². The lowest BCUT2D eigenvalue weighted by Gasteiger charge is -2.19. The summed E-state index contributed by atoms with van der Waals surface area (Å²) < 4.78 is 46.9. The fourth-order valence-corrected chi connectivity index (χ4v) is 4.34. The van der Waals surface area contributed by atoms with E-state index >= 15 is 0 Å². The van der Waals surface area contributed by atoms with Gasteiger partial charge in [0.25, 0.3) is 15.6 Å². The summed E-state index contributed by atoms with van der Waals surface area (Å²) in [6.45, 7) is 6.21. The van der Waals surface area contributed by atoms with Crippen molar-refractivity contribution in [2.75, 3.05) is 16.6 Å². The lowest BCUT2D eigenvalue weighted by Crippen LogP contribution is -2.29. The van der Waals surface area contributed by atoms with Gasteiger partial charge in [-0.3, -0.25) is 9.52 Å². The molecule has 0 aliphatic carbocycles. The van der Waals surface area contributed by atoms with E-state index in [9.17, 15) is 22.7 Å². The van der Waals surface area contributed by atoms with Gasteiger partial charge in [-0.25, -0.2) is 8.42 Å². The van der Waals surface area contributed by atoms with Gasteiger partial charge in [-0.2, -0.15) is 4.39 Å². The van der Waals surface area contributed by atoms with E-state index < -0.39 is 21.5 Å². The van der Waals surface area contributed by atoms with Gasteiger partial charge in [-0.05, 0) is 48.7 Å². The maximum absolute atomic E-state index is 13.7. The van der Waals surface area contributed by atoms with Crippen LogP contribution in [0.3, 0.4) is 0 Å². The summed E-state index contributed by atoms with van der Waals surface area (Å²) in [4.78, 5) is 12.3. The zero-order chi connectivity index (χ0) is 23.4. The second-order valence-corrected chi connectivity index (χ2v) is 10.4. The first-order chi connectivity index (χ1) is 14.3. The van der Waals surface area contributed by atoms with E-state index in [2.05, 4.69) is 10.0 Å². The quantitative estimate of drug-likeness (QED) is 0.482. The highest BCUT2D eigenvalue weighted by molar-refractivity contribution is 7.92. The van der Waals surface area contributed by atoms with Gasteiger partial charge in [0.2, 0.25) is 5.91 Å². The Bertz CT molecular complexity index is 1040. The number of aryl methyl sites for hydroxylation is 1. The fraction of sp³-hybridized carbons (Fsp3) is 0.381. The number of ether oxygens (including phenoxy) is 1. The number of carbonyl (C=O) groups excluding carboxylic acids is 1. The van der Waals surface area contributed by atoms with Crippen molar-refractivity contribution in [2.45, 2.75) is 38.2 Å². The van der Waals surface area contributed by atoms with Crippen LogP contribution in [0.5, 0.6) is 5.75 Å². The van der Waals surface area contributed by atoms with Gasteiger partial charge in [0, 0.05) is 18.7 Å². The number of nitrogens with one attached hydrogen (secondary N) is 2. The normalized spacial score (nSPS) is 14.6. The predicted molar refractivity (Wildman–Crippen MR) is 122 cm³/mol. The smallest absolute Gasteiger partial charge is 0.262 e. The molecule has 10 heteroatoms. The van der Waals surface area contributed by atoms with Crippen LogP contribution in [0.1, 0.15) is 26.3 Å². The number of hydrogen-bond donors (Lipinski definition) is 3. The summed E-state index contributed by atoms with van der Waals surface area (Å²) in [5.41, 5.74) is -0.923. The van der Waals surface area contributed by atoms with Crippen LogP contribution in [0.4, 0.5) is 15.8 Å². The number of aliphatic hydroxyl groups excluding tert-OH is 1. The number of benzene rings is 2. The van der Waals surface area contributed by atoms with Crippen molar-refractivity contribution in [3.63, 3.8) is 0 Å². The average molecular weight is 471 g/mol. The Morgan fingerprint density at radius 1 is 1.23 bits per heavy atom. The maximum Gasteiger partial charge on any atom is 0.262 e. The number of hydrogen-bond acceptors (Lipinski definition) is 5. The van der Waals surface area contributed by atoms with Gasteiger partial charge >= 0.3 is 0 Å². The van der Waals surface area contributed by atoms with Gasteiger partial charge in [-0.15, -0.1) is 0 Å². The third-order valence-corrected chi connectivity index (χ3v) is 6.13. The highest BCUT2D eigenvalue weighted by Gasteiger charge is 2.23. The number of rotatable bonds is 9. The molecule has 0 spiro atoms. The third kappa shape index (κ3) is 7.16. The molecular formula is C21H28FN2O5PS. The minimum Gasteiger partial charge on any atom is -0.455 e. The van der Waals surface area contributed by atoms with Crippen molar-refractivity contribution in [3.8, 4) is 5.75 Å². The zero-order valence-electron chi connectivity index (χ0n) is 17.8. The van der Waals surface area contributed by atoms with Crippen molar-refractivity contribution in [3.05, 3.63) is 48.0 Å². The van der Waals surface area contributed by atoms with Crippen molar-refractivity contribution < 1.29 is 27.4 Å². The van der Waals surface area contributed by atoms with Gasteiger partial charge in [-0.1, -0.05) is 29.2 Å². The first-order valence-electron chi connectivity index (χ1n) is 9.64.